The zero-order chi connectivity index (χ0) is 19.7. The Balaban J connectivity index is 1.99. The lowest BCUT2D eigenvalue weighted by molar-refractivity contribution is -0.122. The van der Waals surface area contributed by atoms with Gasteiger partial charge in [-0.25, -0.2) is 12.8 Å². The van der Waals surface area contributed by atoms with Crippen LogP contribution in [-0.2, 0) is 14.8 Å². The highest BCUT2D eigenvalue weighted by Crippen LogP contribution is 2.19. The van der Waals surface area contributed by atoms with E-state index < -0.39 is 26.8 Å². The van der Waals surface area contributed by atoms with Crippen LogP contribution in [0.15, 0.2) is 40.8 Å². The van der Waals surface area contributed by atoms with Crippen molar-refractivity contribution in [2.24, 2.45) is 0 Å². The van der Waals surface area contributed by atoms with Crippen LogP contribution in [0.25, 0.3) is 0 Å². The summed E-state index contributed by atoms with van der Waals surface area (Å²) in [6.45, 7) is 0.474. The van der Waals surface area contributed by atoms with E-state index in [-0.39, 0.29) is 5.91 Å². The van der Waals surface area contributed by atoms with Crippen LogP contribution in [0.3, 0.4) is 0 Å². The molecule has 0 spiro atoms. The highest BCUT2D eigenvalue weighted by Gasteiger charge is 2.27. The molecule has 0 fully saturated rings. The minimum absolute atomic E-state index is 0.337. The average Bonchev–Trinajstić information content (AvgIpc) is 2.66. The standard InChI is InChI=1S/C19H27FN2O3S2/c1-26-14-12-17(19(23)21-13-11-15-7-3-2-4-8-15)22-27(24,25)18-10-6-5-9-16(18)20/h5-7,9-10,17,22H,2-4,8,11-14H2,1H3,(H,21,23). The van der Waals surface area contributed by atoms with Crippen molar-refractivity contribution in [2.75, 3.05) is 18.6 Å². The number of allylic oxidation sites excluding steroid dienone is 1. The number of benzene rings is 1. The second-order valence-electron chi connectivity index (χ2n) is 6.53. The summed E-state index contributed by atoms with van der Waals surface area (Å²) < 4.78 is 41.2. The van der Waals surface area contributed by atoms with Gasteiger partial charge < -0.3 is 5.32 Å². The smallest absolute Gasteiger partial charge is 0.244 e. The minimum Gasteiger partial charge on any atom is -0.354 e. The van der Waals surface area contributed by atoms with Gasteiger partial charge in [0.05, 0.1) is 0 Å². The van der Waals surface area contributed by atoms with Crippen LogP contribution in [0.4, 0.5) is 4.39 Å². The predicted octanol–water partition coefficient (Wildman–Crippen LogP) is 3.23. The number of thioether (sulfide) groups is 1. The third-order valence-corrected chi connectivity index (χ3v) is 6.63. The van der Waals surface area contributed by atoms with Gasteiger partial charge in [-0.15, -0.1) is 0 Å². The van der Waals surface area contributed by atoms with Gasteiger partial charge in [-0.1, -0.05) is 23.8 Å². The third-order valence-electron chi connectivity index (χ3n) is 4.48. The van der Waals surface area contributed by atoms with Gasteiger partial charge in [0.1, 0.15) is 16.8 Å². The van der Waals surface area contributed by atoms with E-state index in [1.165, 1.54) is 48.4 Å². The molecule has 1 atom stereocenters. The summed E-state index contributed by atoms with van der Waals surface area (Å²) in [5.41, 5.74) is 1.34. The van der Waals surface area contributed by atoms with Gasteiger partial charge in [-0.3, -0.25) is 4.79 Å². The van der Waals surface area contributed by atoms with Crippen molar-refractivity contribution in [3.05, 3.63) is 41.7 Å². The first-order chi connectivity index (χ1) is 12.9. The lowest BCUT2D eigenvalue weighted by Crippen LogP contribution is -2.47. The van der Waals surface area contributed by atoms with Crippen LogP contribution in [0.1, 0.15) is 38.5 Å². The number of sulfonamides is 1. The molecule has 0 aromatic heterocycles. The number of halogens is 1. The van der Waals surface area contributed by atoms with Gasteiger partial charge in [0.2, 0.25) is 15.9 Å². The first-order valence-electron chi connectivity index (χ1n) is 9.15. The molecule has 1 aliphatic carbocycles. The van der Waals surface area contributed by atoms with E-state index in [2.05, 4.69) is 16.1 Å². The molecule has 1 unspecified atom stereocenters. The zero-order valence-corrected chi connectivity index (χ0v) is 17.2. The number of carbonyl (C=O) groups excluding carboxylic acids is 1. The molecule has 27 heavy (non-hydrogen) atoms. The fraction of sp³-hybridized carbons (Fsp3) is 0.526. The van der Waals surface area contributed by atoms with Crippen molar-refractivity contribution >= 4 is 27.7 Å². The Morgan fingerprint density at radius 1 is 1.30 bits per heavy atom. The summed E-state index contributed by atoms with van der Waals surface area (Å²) in [6.07, 6.45) is 9.76. The third kappa shape index (κ3) is 6.93. The number of amides is 1. The van der Waals surface area contributed by atoms with Gasteiger partial charge in [0, 0.05) is 6.54 Å². The van der Waals surface area contributed by atoms with Crippen LogP contribution in [-0.4, -0.2) is 38.9 Å². The Morgan fingerprint density at radius 3 is 2.74 bits per heavy atom. The lowest BCUT2D eigenvalue weighted by Gasteiger charge is -2.19. The van der Waals surface area contributed by atoms with Gasteiger partial charge in [-0.05, 0) is 62.7 Å². The Labute approximate surface area is 165 Å². The number of rotatable bonds is 10. The fourth-order valence-electron chi connectivity index (χ4n) is 2.99. The highest BCUT2D eigenvalue weighted by atomic mass is 32.2. The van der Waals surface area contributed by atoms with Gasteiger partial charge in [0.15, 0.2) is 0 Å². The molecule has 1 aliphatic rings. The van der Waals surface area contributed by atoms with Crippen molar-refractivity contribution < 1.29 is 17.6 Å². The molecule has 1 aromatic rings. The average molecular weight is 415 g/mol. The summed E-state index contributed by atoms with van der Waals surface area (Å²) in [6, 6.07) is 4.22. The van der Waals surface area contributed by atoms with E-state index in [4.69, 9.17) is 0 Å². The van der Waals surface area contributed by atoms with Crippen molar-refractivity contribution in [3.63, 3.8) is 0 Å². The minimum atomic E-state index is -4.12. The van der Waals surface area contributed by atoms with Crippen LogP contribution in [0.5, 0.6) is 0 Å². The molecule has 150 valence electrons. The molecule has 1 aromatic carbocycles. The molecule has 0 heterocycles. The second kappa shape index (κ2) is 10.8. The molecule has 0 saturated heterocycles. The van der Waals surface area contributed by atoms with Crippen LogP contribution < -0.4 is 10.0 Å². The topological polar surface area (TPSA) is 75.3 Å². The molecular formula is C19H27FN2O3S2. The van der Waals surface area contributed by atoms with Crippen LogP contribution in [0.2, 0.25) is 0 Å². The molecule has 2 N–H and O–H groups in total. The predicted molar refractivity (Wildman–Crippen MR) is 108 cm³/mol. The van der Waals surface area contributed by atoms with E-state index >= 15 is 0 Å². The summed E-state index contributed by atoms with van der Waals surface area (Å²) >= 11 is 1.52. The Kier molecular flexibility index (Phi) is 8.79. The maximum absolute atomic E-state index is 13.9. The molecule has 0 bridgehead atoms. The monoisotopic (exact) mass is 414 g/mol. The molecule has 5 nitrogen and oxygen atoms in total. The second-order valence-corrected chi connectivity index (χ2v) is 9.20. The van der Waals surface area contributed by atoms with E-state index in [9.17, 15) is 17.6 Å². The highest BCUT2D eigenvalue weighted by molar-refractivity contribution is 7.98. The molecule has 1 amide bonds. The first kappa shape index (κ1) is 21.9. The van der Waals surface area contributed by atoms with E-state index in [0.29, 0.717) is 18.7 Å². The van der Waals surface area contributed by atoms with Gasteiger partial charge in [-0.2, -0.15) is 16.5 Å². The number of nitrogens with one attached hydrogen (secondary N) is 2. The molecule has 0 radical (unpaired) electrons. The van der Waals surface area contributed by atoms with Gasteiger partial charge >= 0.3 is 0 Å². The Hall–Kier alpha value is -1.38. The van der Waals surface area contributed by atoms with Crippen molar-refractivity contribution in [2.45, 2.75) is 49.5 Å². The maximum atomic E-state index is 13.9. The number of hydrogen-bond acceptors (Lipinski definition) is 4. The van der Waals surface area contributed by atoms with Crippen LogP contribution in [0, 0.1) is 5.82 Å². The summed E-state index contributed by atoms with van der Waals surface area (Å²) in [4.78, 5) is 12.1. The summed E-state index contributed by atoms with van der Waals surface area (Å²) in [7, 11) is -4.12. The maximum Gasteiger partial charge on any atom is 0.244 e. The molecule has 0 saturated carbocycles. The number of carbonyl (C=O) groups is 1. The largest absolute Gasteiger partial charge is 0.354 e. The normalized spacial score (nSPS) is 15.9. The summed E-state index contributed by atoms with van der Waals surface area (Å²) in [5, 5.41) is 2.82. The lowest BCUT2D eigenvalue weighted by atomic mass is 9.97. The Morgan fingerprint density at radius 2 is 2.07 bits per heavy atom. The molecule has 0 aliphatic heterocycles. The zero-order valence-electron chi connectivity index (χ0n) is 15.5. The molecule has 2 rings (SSSR count). The fourth-order valence-corrected chi connectivity index (χ4v) is 4.77. The van der Waals surface area contributed by atoms with Crippen molar-refractivity contribution in [1.29, 1.82) is 0 Å². The number of hydrogen-bond donors (Lipinski definition) is 2. The Bertz CT molecular complexity index is 766. The molecule has 8 heteroatoms. The van der Waals surface area contributed by atoms with E-state index in [0.717, 1.165) is 25.3 Å². The first-order valence-corrected chi connectivity index (χ1v) is 12.0. The molecular weight excluding hydrogens is 387 g/mol. The van der Waals surface area contributed by atoms with Gasteiger partial charge in [0.25, 0.3) is 0 Å². The van der Waals surface area contributed by atoms with Crippen molar-refractivity contribution in [1.82, 2.24) is 10.0 Å². The van der Waals surface area contributed by atoms with E-state index in [1.54, 1.807) is 0 Å². The van der Waals surface area contributed by atoms with Crippen molar-refractivity contribution in [3.8, 4) is 0 Å². The quantitative estimate of drug-likeness (QED) is 0.577. The summed E-state index contributed by atoms with van der Waals surface area (Å²) in [5.74, 6) is -0.595. The SMILES string of the molecule is CSCCC(NS(=O)(=O)c1ccccc1F)C(=O)NCCC1=CCCCC1. The van der Waals surface area contributed by atoms with E-state index in [1.807, 2.05) is 6.26 Å². The van der Waals surface area contributed by atoms with Crippen LogP contribution >= 0.6 is 11.8 Å².